The maximum Gasteiger partial charge on any atom is 0.573 e. The molecular formula is C32H32F5N5O3. The molecule has 3 aromatic carbocycles. The number of nitrogens with zero attached hydrogens (tertiary/aromatic N) is 4. The topological polar surface area (TPSA) is 85.7 Å². The first-order valence-corrected chi connectivity index (χ1v) is 14.3. The molecule has 1 aliphatic heterocycles. The third-order valence-corrected chi connectivity index (χ3v) is 7.92. The van der Waals surface area contributed by atoms with Crippen molar-refractivity contribution in [2.45, 2.75) is 39.0 Å². The Bertz CT molecular complexity index is 1750. The summed E-state index contributed by atoms with van der Waals surface area (Å²) in [4.78, 5) is 31.4. The summed E-state index contributed by atoms with van der Waals surface area (Å²) in [5.41, 5.74) is 6.20. The van der Waals surface area contributed by atoms with Crippen LogP contribution >= 0.6 is 0 Å². The van der Waals surface area contributed by atoms with Crippen molar-refractivity contribution in [2.24, 2.45) is 5.73 Å². The Morgan fingerprint density at radius 2 is 1.44 bits per heavy atom. The summed E-state index contributed by atoms with van der Waals surface area (Å²) < 4.78 is 74.5. The zero-order valence-corrected chi connectivity index (χ0v) is 24.4. The van der Waals surface area contributed by atoms with Crippen LogP contribution in [-0.2, 0) is 19.6 Å². The summed E-state index contributed by atoms with van der Waals surface area (Å²) in [6.45, 7) is 2.47. The van der Waals surface area contributed by atoms with Crippen molar-refractivity contribution in [2.75, 3.05) is 31.1 Å². The molecule has 2 N–H and O–H groups in total. The molecule has 1 aromatic heterocycles. The maximum atomic E-state index is 14.7. The van der Waals surface area contributed by atoms with E-state index in [4.69, 9.17) is 5.73 Å². The smallest absolute Gasteiger partial charge is 0.405 e. The second-order valence-electron chi connectivity index (χ2n) is 10.9. The van der Waals surface area contributed by atoms with Gasteiger partial charge in [-0.3, -0.25) is 18.8 Å². The number of alkyl halides is 3. The summed E-state index contributed by atoms with van der Waals surface area (Å²) in [7, 11) is 0. The van der Waals surface area contributed by atoms with Gasteiger partial charge >= 0.3 is 12.1 Å². The Morgan fingerprint density at radius 1 is 0.822 bits per heavy atom. The molecule has 0 bridgehead atoms. The number of halogens is 5. The van der Waals surface area contributed by atoms with Crippen LogP contribution in [-0.4, -0.2) is 46.6 Å². The molecule has 8 nitrogen and oxygen atoms in total. The molecule has 1 saturated heterocycles. The second-order valence-corrected chi connectivity index (χ2v) is 10.9. The predicted molar refractivity (Wildman–Crippen MR) is 159 cm³/mol. The minimum atomic E-state index is -4.83. The van der Waals surface area contributed by atoms with E-state index in [1.165, 1.54) is 22.8 Å². The third-order valence-electron chi connectivity index (χ3n) is 7.92. The second kappa shape index (κ2) is 13.2. The van der Waals surface area contributed by atoms with Gasteiger partial charge in [0, 0.05) is 55.6 Å². The number of nitrogens with two attached hydrogens (primary N) is 1. The normalized spacial score (nSPS) is 14.9. The van der Waals surface area contributed by atoms with Crippen molar-refractivity contribution >= 4 is 5.69 Å². The molecule has 0 radical (unpaired) electrons. The van der Waals surface area contributed by atoms with E-state index in [9.17, 15) is 31.5 Å². The molecule has 5 rings (SSSR count). The lowest BCUT2D eigenvalue weighted by Crippen LogP contribution is -2.51. The van der Waals surface area contributed by atoms with E-state index < -0.39 is 41.8 Å². The summed E-state index contributed by atoms with van der Waals surface area (Å²) in [5.74, 6) is -1.94. The summed E-state index contributed by atoms with van der Waals surface area (Å²) >= 11 is 0. The van der Waals surface area contributed by atoms with Gasteiger partial charge in [-0.05, 0) is 30.7 Å². The molecule has 0 spiro atoms. The third kappa shape index (κ3) is 7.26. The summed E-state index contributed by atoms with van der Waals surface area (Å²) in [5, 5.41) is 0. The van der Waals surface area contributed by atoms with Gasteiger partial charge in [-0.2, -0.15) is 0 Å². The largest absolute Gasteiger partial charge is 0.573 e. The van der Waals surface area contributed by atoms with Crippen LogP contribution in [0, 0.1) is 18.6 Å². The lowest BCUT2D eigenvalue weighted by atomic mass is 10.1. The minimum absolute atomic E-state index is 0.176. The van der Waals surface area contributed by atoms with Crippen molar-refractivity contribution in [3.63, 3.8) is 0 Å². The molecule has 0 saturated carbocycles. The van der Waals surface area contributed by atoms with Crippen molar-refractivity contribution in [1.29, 1.82) is 0 Å². The molecule has 238 valence electrons. The van der Waals surface area contributed by atoms with Crippen molar-refractivity contribution in [3.8, 4) is 5.75 Å². The van der Waals surface area contributed by atoms with Gasteiger partial charge in [0.2, 0.25) is 0 Å². The van der Waals surface area contributed by atoms with E-state index in [1.54, 1.807) is 48.2 Å². The van der Waals surface area contributed by atoms with Crippen LogP contribution in [0.3, 0.4) is 0 Å². The van der Waals surface area contributed by atoms with Crippen LogP contribution in [0.1, 0.15) is 28.4 Å². The highest BCUT2D eigenvalue weighted by Gasteiger charge is 2.32. The van der Waals surface area contributed by atoms with Gasteiger partial charge in [-0.25, -0.2) is 13.6 Å². The zero-order chi connectivity index (χ0) is 32.3. The highest BCUT2D eigenvalue weighted by Crippen LogP contribution is 2.28. The van der Waals surface area contributed by atoms with E-state index in [-0.39, 0.29) is 35.8 Å². The van der Waals surface area contributed by atoms with Crippen LogP contribution in [0.25, 0.3) is 0 Å². The number of piperazine rings is 1. The first-order chi connectivity index (χ1) is 21.4. The van der Waals surface area contributed by atoms with Gasteiger partial charge in [0.05, 0.1) is 13.1 Å². The number of ether oxygens (including phenoxy) is 1. The number of para-hydroxylation sites is 1. The summed E-state index contributed by atoms with van der Waals surface area (Å²) in [6.07, 6.45) is -4.83. The van der Waals surface area contributed by atoms with Gasteiger partial charge < -0.3 is 15.4 Å². The molecular weight excluding hydrogens is 597 g/mol. The average molecular weight is 630 g/mol. The zero-order valence-electron chi connectivity index (χ0n) is 24.4. The molecule has 4 aromatic rings. The lowest BCUT2D eigenvalue weighted by Gasteiger charge is -2.37. The molecule has 13 heteroatoms. The monoisotopic (exact) mass is 629 g/mol. The summed E-state index contributed by atoms with van der Waals surface area (Å²) in [6, 6.07) is 17.5. The number of hydrogen-bond acceptors (Lipinski definition) is 6. The SMILES string of the molecule is Cc1c(N2CCN(Cc3ccccc3OC(F)(F)F)CC2)c(=O)n(C[C@H](N)c2ccccc2)c(=O)n1Cc1c(F)cccc1F. The number of aromatic nitrogens is 2. The Labute approximate surface area is 255 Å². The molecule has 0 amide bonds. The Hall–Kier alpha value is -4.49. The van der Waals surface area contributed by atoms with Gasteiger partial charge in [0.1, 0.15) is 23.1 Å². The molecule has 2 heterocycles. The maximum absolute atomic E-state index is 14.7. The first kappa shape index (κ1) is 31.9. The fourth-order valence-electron chi connectivity index (χ4n) is 5.57. The van der Waals surface area contributed by atoms with E-state index in [1.807, 2.05) is 11.0 Å². The molecule has 0 unspecified atom stereocenters. The molecule has 1 aliphatic rings. The Morgan fingerprint density at radius 3 is 2.09 bits per heavy atom. The molecule has 1 atom stereocenters. The molecule has 1 fully saturated rings. The molecule has 0 aliphatic carbocycles. The van der Waals surface area contributed by atoms with Crippen molar-refractivity contribution in [1.82, 2.24) is 14.0 Å². The lowest BCUT2D eigenvalue weighted by molar-refractivity contribution is -0.275. The Kier molecular flexibility index (Phi) is 9.40. The number of benzene rings is 3. The fraction of sp³-hybridized carbons (Fsp3) is 0.312. The van der Waals surface area contributed by atoms with Crippen LogP contribution in [0.15, 0.2) is 82.4 Å². The van der Waals surface area contributed by atoms with E-state index in [0.29, 0.717) is 37.3 Å². The van der Waals surface area contributed by atoms with Gasteiger partial charge in [-0.15, -0.1) is 13.2 Å². The first-order valence-electron chi connectivity index (χ1n) is 14.3. The van der Waals surface area contributed by atoms with Gasteiger partial charge in [0.15, 0.2) is 0 Å². The predicted octanol–water partition coefficient (Wildman–Crippen LogP) is 4.57. The van der Waals surface area contributed by atoms with Gasteiger partial charge in [-0.1, -0.05) is 54.6 Å². The van der Waals surface area contributed by atoms with Crippen LogP contribution < -0.4 is 26.6 Å². The quantitative estimate of drug-likeness (QED) is 0.273. The van der Waals surface area contributed by atoms with E-state index in [2.05, 4.69) is 4.74 Å². The standard InChI is InChI=1S/C32H32F5N5O3/c1-21-29(40-16-14-39(15-17-40)18-23-10-5-6-13-28(23)45-32(35,36)37)30(43)42(20-27(38)22-8-3-2-4-9-22)31(44)41(21)19-24-25(33)11-7-12-26(24)34/h2-13,27H,14-20,38H2,1H3/t27-/m0/s1. The van der Waals surface area contributed by atoms with Crippen LogP contribution in [0.5, 0.6) is 5.75 Å². The minimum Gasteiger partial charge on any atom is -0.405 e. The number of anilines is 1. The van der Waals surface area contributed by atoms with Crippen LogP contribution in [0.4, 0.5) is 27.6 Å². The van der Waals surface area contributed by atoms with Crippen molar-refractivity contribution < 1.29 is 26.7 Å². The van der Waals surface area contributed by atoms with Gasteiger partial charge in [0.25, 0.3) is 5.56 Å². The molecule has 45 heavy (non-hydrogen) atoms. The fourth-order valence-corrected chi connectivity index (χ4v) is 5.57. The van der Waals surface area contributed by atoms with Crippen molar-refractivity contribution in [3.05, 3.63) is 128 Å². The van der Waals surface area contributed by atoms with E-state index in [0.717, 1.165) is 16.7 Å². The van der Waals surface area contributed by atoms with E-state index >= 15 is 0 Å². The highest BCUT2D eigenvalue weighted by atomic mass is 19.4. The Balaban J connectivity index is 1.46. The van der Waals surface area contributed by atoms with Crippen LogP contribution in [0.2, 0.25) is 0 Å². The average Bonchev–Trinajstić information content (AvgIpc) is 3.00. The highest BCUT2D eigenvalue weighted by molar-refractivity contribution is 5.50. The number of rotatable bonds is 9. The number of hydrogen-bond donors (Lipinski definition) is 1.